The minimum atomic E-state index is -2.70. The maximum absolute atomic E-state index is 12.8. The van der Waals surface area contributed by atoms with Crippen LogP contribution in [0, 0.1) is 19.8 Å². The Hall–Kier alpha value is -1.54. The summed E-state index contributed by atoms with van der Waals surface area (Å²) in [4.78, 5) is 12.1. The van der Waals surface area contributed by atoms with E-state index in [-0.39, 0.29) is 18.2 Å². The van der Waals surface area contributed by atoms with Crippen LogP contribution in [0.25, 0.3) is 0 Å². The smallest absolute Gasteiger partial charge is 0.333 e. The summed E-state index contributed by atoms with van der Waals surface area (Å²) >= 11 is 0. The Bertz CT molecular complexity index is 583. The van der Waals surface area contributed by atoms with Crippen molar-refractivity contribution in [2.24, 2.45) is 5.92 Å². The second-order valence-corrected chi connectivity index (χ2v) is 6.49. The first-order valence-corrected chi connectivity index (χ1v) is 8.09. The molecule has 0 aliphatic carbocycles. The fourth-order valence-corrected chi connectivity index (χ4v) is 3.03. The van der Waals surface area contributed by atoms with Crippen LogP contribution in [0.15, 0.2) is 0 Å². The van der Waals surface area contributed by atoms with E-state index in [1.54, 1.807) is 13.8 Å². The van der Waals surface area contributed by atoms with E-state index in [0.29, 0.717) is 47.8 Å². The minimum Gasteiger partial charge on any atom is -0.356 e. The SMILES string of the molecule is Cc1nn(C(F)F)c(C)c1CC(=O)NCC(C)CC1(C)OCCO1. The first-order valence-electron chi connectivity index (χ1n) is 8.09. The molecular formula is C16H25F2N3O3. The Kier molecular flexibility index (Phi) is 5.92. The number of hydrogen-bond acceptors (Lipinski definition) is 4. The third-order valence-corrected chi connectivity index (χ3v) is 4.26. The molecule has 24 heavy (non-hydrogen) atoms. The van der Waals surface area contributed by atoms with Crippen LogP contribution in [0.2, 0.25) is 0 Å². The molecule has 1 N–H and O–H groups in total. The van der Waals surface area contributed by atoms with E-state index < -0.39 is 12.3 Å². The number of aryl methyl sites for hydroxylation is 1. The van der Waals surface area contributed by atoms with E-state index in [1.807, 2.05) is 13.8 Å². The van der Waals surface area contributed by atoms with E-state index in [2.05, 4.69) is 10.4 Å². The first kappa shape index (κ1) is 18.8. The topological polar surface area (TPSA) is 65.4 Å². The Morgan fingerprint density at radius 1 is 1.38 bits per heavy atom. The number of aromatic nitrogens is 2. The van der Waals surface area contributed by atoms with Crippen LogP contribution in [0.5, 0.6) is 0 Å². The first-order chi connectivity index (χ1) is 11.2. The van der Waals surface area contributed by atoms with Crippen LogP contribution in [-0.2, 0) is 20.7 Å². The van der Waals surface area contributed by atoms with Crippen molar-refractivity contribution in [2.75, 3.05) is 19.8 Å². The zero-order chi connectivity index (χ0) is 17.9. The molecule has 2 heterocycles. The standard InChI is InChI=1S/C16H25F2N3O3/c1-10(8-16(4)23-5-6-24-16)9-19-14(22)7-13-11(2)20-21(12(13)3)15(17)18/h10,15H,5-9H2,1-4H3,(H,19,22). The molecule has 8 heteroatoms. The highest BCUT2D eigenvalue weighted by Crippen LogP contribution is 2.26. The third kappa shape index (κ3) is 4.51. The van der Waals surface area contributed by atoms with Crippen molar-refractivity contribution in [1.29, 1.82) is 0 Å². The van der Waals surface area contributed by atoms with Crippen molar-refractivity contribution >= 4 is 5.91 Å². The maximum atomic E-state index is 12.8. The number of ether oxygens (including phenoxy) is 2. The molecule has 136 valence electrons. The Balaban J connectivity index is 1.85. The summed E-state index contributed by atoms with van der Waals surface area (Å²) in [7, 11) is 0. The Labute approximate surface area is 140 Å². The second kappa shape index (κ2) is 7.57. The average Bonchev–Trinajstić information content (AvgIpc) is 3.03. The monoisotopic (exact) mass is 345 g/mol. The molecular weight excluding hydrogens is 320 g/mol. The van der Waals surface area contributed by atoms with Crippen LogP contribution >= 0.6 is 0 Å². The molecule has 1 aliphatic rings. The molecule has 1 unspecified atom stereocenters. The predicted octanol–water partition coefficient (Wildman–Crippen LogP) is 2.34. The molecule has 2 rings (SSSR count). The van der Waals surface area contributed by atoms with Gasteiger partial charge >= 0.3 is 6.55 Å². The number of hydrogen-bond donors (Lipinski definition) is 1. The fraction of sp³-hybridized carbons (Fsp3) is 0.750. The number of carbonyl (C=O) groups is 1. The number of amides is 1. The van der Waals surface area contributed by atoms with E-state index in [0.717, 1.165) is 0 Å². The van der Waals surface area contributed by atoms with Crippen LogP contribution in [0.3, 0.4) is 0 Å². The number of alkyl halides is 2. The summed E-state index contributed by atoms with van der Waals surface area (Å²) in [5, 5.41) is 6.63. The molecule has 1 aliphatic heterocycles. The predicted molar refractivity (Wildman–Crippen MR) is 83.8 cm³/mol. The molecule has 0 saturated carbocycles. The second-order valence-electron chi connectivity index (χ2n) is 6.49. The summed E-state index contributed by atoms with van der Waals surface area (Å²) < 4.78 is 37.4. The van der Waals surface area contributed by atoms with Gasteiger partial charge < -0.3 is 14.8 Å². The van der Waals surface area contributed by atoms with Crippen molar-refractivity contribution in [3.05, 3.63) is 17.0 Å². The molecule has 1 amide bonds. The lowest BCUT2D eigenvalue weighted by Crippen LogP contribution is -2.35. The zero-order valence-corrected chi connectivity index (χ0v) is 14.6. The van der Waals surface area contributed by atoms with Gasteiger partial charge in [0, 0.05) is 24.2 Å². The van der Waals surface area contributed by atoms with Gasteiger partial charge in [-0.1, -0.05) is 6.92 Å². The molecule has 0 radical (unpaired) electrons. The number of halogens is 2. The van der Waals surface area contributed by atoms with Crippen molar-refractivity contribution in [3.63, 3.8) is 0 Å². The summed E-state index contributed by atoms with van der Waals surface area (Å²) in [6, 6.07) is 0. The molecule has 1 fully saturated rings. The Morgan fingerprint density at radius 2 is 2.00 bits per heavy atom. The Morgan fingerprint density at radius 3 is 2.54 bits per heavy atom. The van der Waals surface area contributed by atoms with E-state index >= 15 is 0 Å². The average molecular weight is 345 g/mol. The lowest BCUT2D eigenvalue weighted by atomic mass is 10.0. The van der Waals surface area contributed by atoms with Gasteiger partial charge in [-0.3, -0.25) is 4.79 Å². The molecule has 1 aromatic heterocycles. The lowest BCUT2D eigenvalue weighted by molar-refractivity contribution is -0.154. The molecule has 1 saturated heterocycles. The van der Waals surface area contributed by atoms with Crippen molar-refractivity contribution in [2.45, 2.75) is 52.9 Å². The number of nitrogens with one attached hydrogen (secondary N) is 1. The molecule has 0 spiro atoms. The number of rotatable bonds is 7. The van der Waals surface area contributed by atoms with Crippen LogP contribution < -0.4 is 5.32 Å². The highest BCUT2D eigenvalue weighted by molar-refractivity contribution is 5.79. The lowest BCUT2D eigenvalue weighted by Gasteiger charge is -2.26. The molecule has 1 atom stereocenters. The van der Waals surface area contributed by atoms with Gasteiger partial charge in [0.25, 0.3) is 0 Å². The third-order valence-electron chi connectivity index (χ3n) is 4.26. The van der Waals surface area contributed by atoms with E-state index in [9.17, 15) is 13.6 Å². The fourth-order valence-electron chi connectivity index (χ4n) is 3.03. The van der Waals surface area contributed by atoms with Gasteiger partial charge in [-0.2, -0.15) is 13.9 Å². The van der Waals surface area contributed by atoms with Crippen molar-refractivity contribution < 1.29 is 23.0 Å². The molecule has 1 aromatic rings. The van der Waals surface area contributed by atoms with Gasteiger partial charge in [0.2, 0.25) is 5.91 Å². The van der Waals surface area contributed by atoms with Gasteiger partial charge in [0.15, 0.2) is 5.79 Å². The van der Waals surface area contributed by atoms with E-state index in [4.69, 9.17) is 9.47 Å². The normalized spacial score (nSPS) is 18.1. The summed E-state index contributed by atoms with van der Waals surface area (Å²) in [6.07, 6.45) is 0.718. The van der Waals surface area contributed by atoms with Crippen molar-refractivity contribution in [3.8, 4) is 0 Å². The van der Waals surface area contributed by atoms with Gasteiger partial charge in [-0.05, 0) is 26.7 Å². The number of nitrogens with zero attached hydrogens (tertiary/aromatic N) is 2. The zero-order valence-electron chi connectivity index (χ0n) is 14.6. The van der Waals surface area contributed by atoms with Gasteiger partial charge in [-0.15, -0.1) is 0 Å². The van der Waals surface area contributed by atoms with E-state index in [1.165, 1.54) is 0 Å². The highest BCUT2D eigenvalue weighted by Gasteiger charge is 2.32. The highest BCUT2D eigenvalue weighted by atomic mass is 19.3. The largest absolute Gasteiger partial charge is 0.356 e. The van der Waals surface area contributed by atoms with Crippen LogP contribution in [0.1, 0.15) is 43.8 Å². The van der Waals surface area contributed by atoms with Gasteiger partial charge in [-0.25, -0.2) is 4.68 Å². The minimum absolute atomic E-state index is 0.0430. The molecule has 0 bridgehead atoms. The maximum Gasteiger partial charge on any atom is 0.333 e. The van der Waals surface area contributed by atoms with Gasteiger partial charge in [0.05, 0.1) is 25.3 Å². The molecule has 6 nitrogen and oxygen atoms in total. The summed E-state index contributed by atoms with van der Waals surface area (Å²) in [5.41, 5.74) is 1.33. The quantitative estimate of drug-likeness (QED) is 0.824. The van der Waals surface area contributed by atoms with Crippen molar-refractivity contribution in [1.82, 2.24) is 15.1 Å². The van der Waals surface area contributed by atoms with Gasteiger partial charge in [0.1, 0.15) is 0 Å². The van der Waals surface area contributed by atoms with Crippen LogP contribution in [0.4, 0.5) is 8.78 Å². The summed E-state index contributed by atoms with van der Waals surface area (Å²) in [6.45, 7) is 6.02. The summed E-state index contributed by atoms with van der Waals surface area (Å²) in [5.74, 6) is -0.626. The molecule has 0 aromatic carbocycles. The number of carbonyl (C=O) groups excluding carboxylic acids is 1. The van der Waals surface area contributed by atoms with Crippen LogP contribution in [-0.4, -0.2) is 41.2 Å².